The molecule has 0 amide bonds. The fourth-order valence-electron chi connectivity index (χ4n) is 2.86. The third-order valence-corrected chi connectivity index (χ3v) is 6.01. The minimum atomic E-state index is -3.11. The topological polar surface area (TPSA) is 69.6 Å². The normalized spacial score (nSPS) is 25.5. The van der Waals surface area contributed by atoms with E-state index >= 15 is 0 Å². The predicted molar refractivity (Wildman–Crippen MR) is 88.7 cm³/mol. The summed E-state index contributed by atoms with van der Waals surface area (Å²) in [6, 6.07) is 8.25. The number of sulfone groups is 1. The van der Waals surface area contributed by atoms with Gasteiger partial charge in [-0.25, -0.2) is 8.42 Å². The number of aliphatic hydroxyl groups is 1. The smallest absolute Gasteiger partial charge is 0.154 e. The van der Waals surface area contributed by atoms with Crippen LogP contribution in [0.1, 0.15) is 24.1 Å². The summed E-state index contributed by atoms with van der Waals surface area (Å²) in [4.78, 5) is 2.10. The Morgan fingerprint density at radius 3 is 2.36 bits per heavy atom. The van der Waals surface area contributed by atoms with Gasteiger partial charge in [0.2, 0.25) is 0 Å². The SMILES string of the molecule is CCc1ccc([C@H](CN[C@@H]2CS(=O)(=O)C[C@H]2O)N(C)C)cc1. The van der Waals surface area contributed by atoms with Crippen LogP contribution in [0.3, 0.4) is 0 Å². The second-order valence-corrected chi connectivity index (χ2v) is 8.39. The van der Waals surface area contributed by atoms with Crippen LogP contribution >= 0.6 is 0 Å². The molecule has 0 saturated carbocycles. The van der Waals surface area contributed by atoms with E-state index in [-0.39, 0.29) is 23.6 Å². The number of aryl methyl sites for hydroxylation is 1. The van der Waals surface area contributed by atoms with Gasteiger partial charge in [-0.05, 0) is 31.6 Å². The van der Waals surface area contributed by atoms with Crippen molar-refractivity contribution < 1.29 is 13.5 Å². The maximum absolute atomic E-state index is 11.6. The summed E-state index contributed by atoms with van der Waals surface area (Å²) in [5.41, 5.74) is 2.48. The number of likely N-dealkylation sites (N-methyl/N-ethyl adjacent to an activating group) is 1. The van der Waals surface area contributed by atoms with E-state index < -0.39 is 15.9 Å². The Morgan fingerprint density at radius 1 is 1.27 bits per heavy atom. The molecule has 1 heterocycles. The maximum atomic E-state index is 11.6. The summed E-state index contributed by atoms with van der Waals surface area (Å²) in [7, 11) is 0.891. The van der Waals surface area contributed by atoms with Crippen molar-refractivity contribution in [2.45, 2.75) is 31.5 Å². The Balaban J connectivity index is 2.03. The fraction of sp³-hybridized carbons (Fsp3) is 0.625. The molecule has 1 fully saturated rings. The standard InChI is InChI=1S/C16H26N2O3S/c1-4-12-5-7-13(8-6-12)15(18(2)3)9-17-14-10-22(20,21)11-16(14)19/h5-8,14-17,19H,4,9-11H2,1-3H3/t14-,15+,16-/m1/s1. The van der Waals surface area contributed by atoms with E-state index in [0.29, 0.717) is 6.54 Å². The van der Waals surface area contributed by atoms with E-state index in [4.69, 9.17) is 0 Å². The summed E-state index contributed by atoms with van der Waals surface area (Å²) in [5.74, 6) is -0.119. The largest absolute Gasteiger partial charge is 0.390 e. The van der Waals surface area contributed by atoms with Gasteiger partial charge in [0.15, 0.2) is 9.84 Å². The molecule has 0 aliphatic carbocycles. The van der Waals surface area contributed by atoms with Crippen LogP contribution in [-0.2, 0) is 16.3 Å². The van der Waals surface area contributed by atoms with Gasteiger partial charge in [0.05, 0.1) is 17.6 Å². The summed E-state index contributed by atoms with van der Waals surface area (Å²) < 4.78 is 23.1. The molecule has 0 spiro atoms. The highest BCUT2D eigenvalue weighted by Crippen LogP contribution is 2.20. The lowest BCUT2D eigenvalue weighted by Crippen LogP contribution is -2.43. The number of hydrogen-bond acceptors (Lipinski definition) is 5. The molecule has 1 saturated heterocycles. The van der Waals surface area contributed by atoms with Crippen LogP contribution in [-0.4, -0.2) is 62.7 Å². The van der Waals surface area contributed by atoms with Crippen LogP contribution in [0.5, 0.6) is 0 Å². The molecule has 5 nitrogen and oxygen atoms in total. The van der Waals surface area contributed by atoms with Crippen LogP contribution < -0.4 is 5.32 Å². The predicted octanol–water partition coefficient (Wildman–Crippen LogP) is 0.599. The van der Waals surface area contributed by atoms with Crippen LogP contribution in [0.2, 0.25) is 0 Å². The highest BCUT2D eigenvalue weighted by Gasteiger charge is 2.36. The lowest BCUT2D eigenvalue weighted by molar-refractivity contribution is 0.159. The highest BCUT2D eigenvalue weighted by atomic mass is 32.2. The van der Waals surface area contributed by atoms with Gasteiger partial charge < -0.3 is 15.3 Å². The van der Waals surface area contributed by atoms with Crippen LogP contribution in [0.15, 0.2) is 24.3 Å². The first-order valence-corrected chi connectivity index (χ1v) is 9.51. The molecule has 1 aliphatic rings. The maximum Gasteiger partial charge on any atom is 0.154 e. The number of nitrogens with zero attached hydrogens (tertiary/aromatic N) is 1. The lowest BCUT2D eigenvalue weighted by Gasteiger charge is -2.27. The highest BCUT2D eigenvalue weighted by molar-refractivity contribution is 7.91. The quantitative estimate of drug-likeness (QED) is 0.801. The number of rotatable bonds is 6. The van der Waals surface area contributed by atoms with Crippen molar-refractivity contribution in [1.82, 2.24) is 10.2 Å². The monoisotopic (exact) mass is 326 g/mol. The second kappa shape index (κ2) is 7.08. The molecular weight excluding hydrogens is 300 g/mol. The third kappa shape index (κ3) is 4.29. The zero-order valence-electron chi connectivity index (χ0n) is 13.5. The van der Waals surface area contributed by atoms with Crippen LogP contribution in [0.25, 0.3) is 0 Å². The number of nitrogens with one attached hydrogen (secondary N) is 1. The van der Waals surface area contributed by atoms with Crippen LogP contribution in [0, 0.1) is 0 Å². The number of aliphatic hydroxyl groups excluding tert-OH is 1. The number of benzene rings is 1. The minimum absolute atomic E-state index is 0.0170. The number of hydrogen-bond donors (Lipinski definition) is 2. The lowest BCUT2D eigenvalue weighted by atomic mass is 10.0. The fourth-order valence-corrected chi connectivity index (χ4v) is 4.64. The van der Waals surface area contributed by atoms with E-state index in [9.17, 15) is 13.5 Å². The molecule has 1 aromatic carbocycles. The van der Waals surface area contributed by atoms with Gasteiger partial charge in [0.25, 0.3) is 0 Å². The van der Waals surface area contributed by atoms with Gasteiger partial charge in [-0.1, -0.05) is 31.2 Å². The molecule has 3 atom stereocenters. The second-order valence-electron chi connectivity index (χ2n) is 6.23. The molecule has 0 aromatic heterocycles. The molecule has 2 rings (SSSR count). The average Bonchev–Trinajstić information content (AvgIpc) is 2.72. The first kappa shape index (κ1) is 17.4. The van der Waals surface area contributed by atoms with Gasteiger partial charge in [0.1, 0.15) is 0 Å². The van der Waals surface area contributed by atoms with E-state index in [1.165, 1.54) is 11.1 Å². The Bertz CT molecular complexity index is 584. The molecule has 124 valence electrons. The average molecular weight is 326 g/mol. The first-order valence-electron chi connectivity index (χ1n) is 7.69. The van der Waals surface area contributed by atoms with Gasteiger partial charge >= 0.3 is 0 Å². The van der Waals surface area contributed by atoms with Gasteiger partial charge in [-0.15, -0.1) is 0 Å². The molecule has 0 radical (unpaired) electrons. The van der Waals surface area contributed by atoms with Crippen molar-refractivity contribution in [3.8, 4) is 0 Å². The Morgan fingerprint density at radius 2 is 1.91 bits per heavy atom. The Hall–Kier alpha value is -0.950. The minimum Gasteiger partial charge on any atom is -0.390 e. The molecule has 2 N–H and O–H groups in total. The van der Waals surface area contributed by atoms with E-state index in [0.717, 1.165) is 6.42 Å². The van der Waals surface area contributed by atoms with Crippen molar-refractivity contribution in [2.75, 3.05) is 32.1 Å². The molecule has 6 heteroatoms. The van der Waals surface area contributed by atoms with E-state index in [1.54, 1.807) is 0 Å². The van der Waals surface area contributed by atoms with Crippen molar-refractivity contribution in [2.24, 2.45) is 0 Å². The zero-order chi connectivity index (χ0) is 16.3. The van der Waals surface area contributed by atoms with Crippen molar-refractivity contribution >= 4 is 9.84 Å². The molecule has 0 unspecified atom stereocenters. The Kier molecular flexibility index (Phi) is 5.60. The molecule has 1 aromatic rings. The third-order valence-electron chi connectivity index (χ3n) is 4.29. The summed E-state index contributed by atoms with van der Waals surface area (Å²) >= 11 is 0. The van der Waals surface area contributed by atoms with E-state index in [2.05, 4.69) is 41.4 Å². The summed E-state index contributed by atoms with van der Waals surface area (Å²) in [5, 5.41) is 13.1. The van der Waals surface area contributed by atoms with Gasteiger partial charge in [-0.2, -0.15) is 0 Å². The molecule has 22 heavy (non-hydrogen) atoms. The summed E-state index contributed by atoms with van der Waals surface area (Å²) in [6.45, 7) is 2.73. The molecule has 1 aliphatic heterocycles. The van der Waals surface area contributed by atoms with Crippen molar-refractivity contribution in [3.05, 3.63) is 35.4 Å². The van der Waals surface area contributed by atoms with Gasteiger partial charge in [0, 0.05) is 18.6 Å². The van der Waals surface area contributed by atoms with Crippen molar-refractivity contribution in [1.29, 1.82) is 0 Å². The van der Waals surface area contributed by atoms with Crippen LogP contribution in [0.4, 0.5) is 0 Å². The van der Waals surface area contributed by atoms with Crippen molar-refractivity contribution in [3.63, 3.8) is 0 Å². The summed E-state index contributed by atoms with van der Waals surface area (Å²) in [6.07, 6.45) is 0.201. The molecular formula is C16H26N2O3S. The van der Waals surface area contributed by atoms with E-state index in [1.807, 2.05) is 14.1 Å². The van der Waals surface area contributed by atoms with Gasteiger partial charge in [-0.3, -0.25) is 0 Å². The Labute approximate surface area is 133 Å². The molecule has 0 bridgehead atoms. The zero-order valence-corrected chi connectivity index (χ0v) is 14.3. The first-order chi connectivity index (χ1) is 10.3.